The maximum atomic E-state index is 11.3. The van der Waals surface area contributed by atoms with E-state index in [1.165, 1.54) is 7.11 Å². The molecule has 0 aromatic heterocycles. The van der Waals surface area contributed by atoms with Crippen molar-refractivity contribution in [3.05, 3.63) is 29.8 Å². The van der Waals surface area contributed by atoms with Gasteiger partial charge in [-0.1, -0.05) is 6.07 Å². The minimum atomic E-state index is -0.504. The van der Waals surface area contributed by atoms with Gasteiger partial charge in [-0.25, -0.2) is 10.3 Å². The molecule has 1 rings (SSSR count). The fourth-order valence-corrected chi connectivity index (χ4v) is 1.06. The Labute approximate surface area is 99.1 Å². The van der Waals surface area contributed by atoms with E-state index < -0.39 is 6.03 Å². The third-order valence-electron chi connectivity index (χ3n) is 1.80. The Hall–Kier alpha value is -2.10. The number of amides is 2. The molecule has 17 heavy (non-hydrogen) atoms. The molecule has 2 N–H and O–H groups in total. The molecule has 1 aromatic carbocycles. The molecule has 0 saturated carbocycles. The molecule has 90 valence electrons. The second kappa shape index (κ2) is 7.22. The lowest BCUT2D eigenvalue weighted by molar-refractivity contribution is 0.0272. The van der Waals surface area contributed by atoms with Gasteiger partial charge in [-0.05, 0) is 18.2 Å². The van der Waals surface area contributed by atoms with Gasteiger partial charge in [0, 0.05) is 12.8 Å². The van der Waals surface area contributed by atoms with Crippen LogP contribution < -0.4 is 10.8 Å². The molecule has 0 spiro atoms. The predicted octanol–water partition coefficient (Wildman–Crippen LogP) is 1.26. The second-order valence-corrected chi connectivity index (χ2v) is 3.09. The fraction of sp³-hybridized carbons (Fsp3) is 0.273. The van der Waals surface area contributed by atoms with Crippen LogP contribution in [0, 0.1) is 11.3 Å². The SMILES string of the molecule is COCCONC(=O)Nc1cccc(C#N)c1. The van der Waals surface area contributed by atoms with E-state index >= 15 is 0 Å². The van der Waals surface area contributed by atoms with Crippen LogP contribution in [-0.2, 0) is 9.57 Å². The summed E-state index contributed by atoms with van der Waals surface area (Å²) in [6.07, 6.45) is 0. The number of anilines is 1. The van der Waals surface area contributed by atoms with Gasteiger partial charge in [0.05, 0.1) is 24.8 Å². The van der Waals surface area contributed by atoms with Crippen LogP contribution in [0.5, 0.6) is 0 Å². The molecule has 6 nitrogen and oxygen atoms in total. The highest BCUT2D eigenvalue weighted by Gasteiger charge is 2.01. The van der Waals surface area contributed by atoms with E-state index in [-0.39, 0.29) is 6.61 Å². The molecule has 0 aliphatic rings. The Kier molecular flexibility index (Phi) is 5.51. The molecule has 2 amide bonds. The van der Waals surface area contributed by atoms with E-state index in [1.54, 1.807) is 24.3 Å². The molecule has 0 saturated heterocycles. The summed E-state index contributed by atoms with van der Waals surface area (Å²) in [5, 5.41) is 11.2. The summed E-state index contributed by atoms with van der Waals surface area (Å²) in [6, 6.07) is 8.05. The maximum Gasteiger partial charge on any atom is 0.343 e. The number of rotatable bonds is 5. The zero-order valence-corrected chi connectivity index (χ0v) is 9.40. The number of hydrogen-bond donors (Lipinski definition) is 2. The monoisotopic (exact) mass is 235 g/mol. The number of benzene rings is 1. The quantitative estimate of drug-likeness (QED) is 0.594. The molecular formula is C11H13N3O3. The van der Waals surface area contributed by atoms with Crippen LogP contribution in [-0.4, -0.2) is 26.4 Å². The lowest BCUT2D eigenvalue weighted by atomic mass is 10.2. The number of ether oxygens (including phenoxy) is 1. The van der Waals surface area contributed by atoms with Crippen LogP contribution in [0.4, 0.5) is 10.5 Å². The van der Waals surface area contributed by atoms with Crippen LogP contribution in [0.1, 0.15) is 5.56 Å². The number of nitriles is 1. The molecule has 0 aliphatic carbocycles. The average Bonchev–Trinajstić information content (AvgIpc) is 2.35. The maximum absolute atomic E-state index is 11.3. The minimum absolute atomic E-state index is 0.266. The second-order valence-electron chi connectivity index (χ2n) is 3.09. The predicted molar refractivity (Wildman–Crippen MR) is 61.1 cm³/mol. The highest BCUT2D eigenvalue weighted by molar-refractivity contribution is 5.88. The van der Waals surface area contributed by atoms with E-state index in [9.17, 15) is 4.79 Å². The lowest BCUT2D eigenvalue weighted by Gasteiger charge is -2.07. The van der Waals surface area contributed by atoms with Crippen LogP contribution in [0.15, 0.2) is 24.3 Å². The Morgan fingerprint density at radius 2 is 2.29 bits per heavy atom. The summed E-state index contributed by atoms with van der Waals surface area (Å²) in [7, 11) is 1.54. The number of hydrogen-bond acceptors (Lipinski definition) is 4. The van der Waals surface area contributed by atoms with Gasteiger partial charge in [-0.15, -0.1) is 0 Å². The number of methoxy groups -OCH3 is 1. The van der Waals surface area contributed by atoms with Crippen molar-refractivity contribution in [2.45, 2.75) is 0 Å². The van der Waals surface area contributed by atoms with E-state index in [0.29, 0.717) is 17.9 Å². The molecule has 0 aliphatic heterocycles. The van der Waals surface area contributed by atoms with Gasteiger partial charge in [0.2, 0.25) is 0 Å². The summed E-state index contributed by atoms with van der Waals surface area (Å²) in [5.41, 5.74) is 3.19. The first-order valence-electron chi connectivity index (χ1n) is 4.94. The normalized spacial score (nSPS) is 9.41. The van der Waals surface area contributed by atoms with Gasteiger partial charge in [0.15, 0.2) is 0 Å². The van der Waals surface area contributed by atoms with Gasteiger partial charge in [0.25, 0.3) is 0 Å². The van der Waals surface area contributed by atoms with Crippen LogP contribution in [0.2, 0.25) is 0 Å². The molecule has 6 heteroatoms. The van der Waals surface area contributed by atoms with Crippen molar-refractivity contribution in [1.29, 1.82) is 5.26 Å². The molecule has 1 aromatic rings. The van der Waals surface area contributed by atoms with Crippen molar-refractivity contribution in [3.8, 4) is 6.07 Å². The highest BCUT2D eigenvalue weighted by atomic mass is 16.7. The molecule has 0 bridgehead atoms. The third-order valence-corrected chi connectivity index (χ3v) is 1.80. The van der Waals surface area contributed by atoms with Crippen molar-refractivity contribution >= 4 is 11.7 Å². The van der Waals surface area contributed by atoms with Crippen molar-refractivity contribution in [3.63, 3.8) is 0 Å². The molecule has 0 unspecified atom stereocenters. The topological polar surface area (TPSA) is 83.4 Å². The van der Waals surface area contributed by atoms with Crippen LogP contribution in [0.25, 0.3) is 0 Å². The van der Waals surface area contributed by atoms with Crippen molar-refractivity contribution in [2.24, 2.45) is 0 Å². The summed E-state index contributed by atoms with van der Waals surface area (Å²) in [6.45, 7) is 0.659. The first-order valence-corrected chi connectivity index (χ1v) is 4.94. The van der Waals surface area contributed by atoms with Crippen molar-refractivity contribution in [1.82, 2.24) is 5.48 Å². The Balaban J connectivity index is 2.37. The molecule has 0 radical (unpaired) electrons. The Morgan fingerprint density at radius 1 is 1.47 bits per heavy atom. The molecule has 0 fully saturated rings. The molecule has 0 heterocycles. The fourth-order valence-electron chi connectivity index (χ4n) is 1.06. The van der Waals surface area contributed by atoms with Crippen molar-refractivity contribution < 1.29 is 14.4 Å². The van der Waals surface area contributed by atoms with Gasteiger partial charge in [0.1, 0.15) is 0 Å². The van der Waals surface area contributed by atoms with Gasteiger partial charge >= 0.3 is 6.03 Å². The zero-order valence-electron chi connectivity index (χ0n) is 9.40. The van der Waals surface area contributed by atoms with Gasteiger partial charge < -0.3 is 10.1 Å². The lowest BCUT2D eigenvalue weighted by Crippen LogP contribution is -2.30. The number of nitrogens with zero attached hydrogens (tertiary/aromatic N) is 1. The number of carbonyl (C=O) groups excluding carboxylic acids is 1. The number of carbonyl (C=O) groups is 1. The summed E-state index contributed by atoms with van der Waals surface area (Å²) < 4.78 is 4.74. The average molecular weight is 235 g/mol. The van der Waals surface area contributed by atoms with E-state index in [2.05, 4.69) is 10.8 Å². The third kappa shape index (κ3) is 4.97. The van der Waals surface area contributed by atoms with E-state index in [4.69, 9.17) is 14.8 Å². The largest absolute Gasteiger partial charge is 0.382 e. The zero-order chi connectivity index (χ0) is 12.5. The molecular weight excluding hydrogens is 222 g/mol. The smallest absolute Gasteiger partial charge is 0.343 e. The van der Waals surface area contributed by atoms with Crippen molar-refractivity contribution in [2.75, 3.05) is 25.6 Å². The van der Waals surface area contributed by atoms with Crippen LogP contribution in [0.3, 0.4) is 0 Å². The van der Waals surface area contributed by atoms with E-state index in [0.717, 1.165) is 0 Å². The van der Waals surface area contributed by atoms with Gasteiger partial charge in [-0.2, -0.15) is 5.26 Å². The van der Waals surface area contributed by atoms with Crippen LogP contribution >= 0.6 is 0 Å². The van der Waals surface area contributed by atoms with Gasteiger partial charge in [-0.3, -0.25) is 4.84 Å². The first kappa shape index (κ1) is 13.0. The summed E-state index contributed by atoms with van der Waals surface area (Å²) >= 11 is 0. The number of nitrogens with one attached hydrogen (secondary N) is 2. The molecule has 0 atom stereocenters. The highest BCUT2D eigenvalue weighted by Crippen LogP contribution is 2.09. The minimum Gasteiger partial charge on any atom is -0.382 e. The van der Waals surface area contributed by atoms with E-state index in [1.807, 2.05) is 6.07 Å². The summed E-state index contributed by atoms with van der Waals surface area (Å²) in [4.78, 5) is 16.1. The number of hydroxylamine groups is 1. The first-order chi connectivity index (χ1) is 8.26. The Bertz CT molecular complexity index is 415. The number of urea groups is 1. The standard InChI is InChI=1S/C11H13N3O3/c1-16-5-6-17-14-11(15)13-10-4-2-3-9(7-10)8-12/h2-4,7H,5-6H2,1H3,(H2,13,14,15). The Morgan fingerprint density at radius 3 is 3.00 bits per heavy atom. The summed E-state index contributed by atoms with van der Waals surface area (Å²) in [5.74, 6) is 0.